The highest BCUT2D eigenvalue weighted by Gasteiger charge is 2.54. The van der Waals surface area contributed by atoms with Crippen molar-refractivity contribution in [3.05, 3.63) is 33.8 Å². The standard InChI is InChI=1S/C19H24BrCl/c1-11-4-17(21)12(2)3-16(11)18(20)19-8-13-5-14(9-19)7-15(6-13)10-19/h3-4,13-15,18H,5-10H2,1-2H3. The smallest absolute Gasteiger partial charge is 0.0454 e. The second kappa shape index (κ2) is 4.99. The van der Waals surface area contributed by atoms with Crippen molar-refractivity contribution in [1.29, 1.82) is 0 Å². The van der Waals surface area contributed by atoms with Gasteiger partial charge in [0.1, 0.15) is 0 Å². The van der Waals surface area contributed by atoms with E-state index in [-0.39, 0.29) is 0 Å². The molecule has 4 bridgehead atoms. The van der Waals surface area contributed by atoms with Crippen LogP contribution in [-0.2, 0) is 0 Å². The van der Waals surface area contributed by atoms with E-state index in [1.165, 1.54) is 55.2 Å². The Labute approximate surface area is 141 Å². The van der Waals surface area contributed by atoms with Gasteiger partial charge in [-0.05, 0) is 98.3 Å². The zero-order chi connectivity index (χ0) is 14.8. The first kappa shape index (κ1) is 14.6. The summed E-state index contributed by atoms with van der Waals surface area (Å²) in [6.45, 7) is 4.35. The predicted molar refractivity (Wildman–Crippen MR) is 93.2 cm³/mol. The summed E-state index contributed by atoms with van der Waals surface area (Å²) in [5.41, 5.74) is 4.56. The van der Waals surface area contributed by atoms with Gasteiger partial charge in [-0.3, -0.25) is 0 Å². The number of rotatable bonds is 2. The molecule has 0 nitrogen and oxygen atoms in total. The molecule has 4 aliphatic carbocycles. The molecule has 0 amide bonds. The maximum Gasteiger partial charge on any atom is 0.0454 e. The summed E-state index contributed by atoms with van der Waals surface area (Å²) < 4.78 is 0. The molecular weight excluding hydrogens is 344 g/mol. The molecule has 114 valence electrons. The fraction of sp³-hybridized carbons (Fsp3) is 0.684. The average molecular weight is 368 g/mol. The zero-order valence-electron chi connectivity index (χ0n) is 13.0. The van der Waals surface area contributed by atoms with Crippen LogP contribution in [0.2, 0.25) is 5.02 Å². The summed E-state index contributed by atoms with van der Waals surface area (Å²) in [6.07, 6.45) is 8.86. The van der Waals surface area contributed by atoms with Gasteiger partial charge in [0.05, 0.1) is 0 Å². The van der Waals surface area contributed by atoms with E-state index in [4.69, 9.17) is 11.6 Å². The van der Waals surface area contributed by atoms with Gasteiger partial charge in [0.15, 0.2) is 0 Å². The third kappa shape index (κ3) is 2.30. The van der Waals surface area contributed by atoms with Gasteiger partial charge in [0, 0.05) is 9.85 Å². The molecule has 4 fully saturated rings. The first-order chi connectivity index (χ1) is 9.97. The summed E-state index contributed by atoms with van der Waals surface area (Å²) in [7, 11) is 0. The van der Waals surface area contributed by atoms with Crippen molar-refractivity contribution >= 4 is 27.5 Å². The molecule has 4 saturated carbocycles. The second-order valence-electron chi connectivity index (χ2n) is 8.10. The lowest BCUT2D eigenvalue weighted by Crippen LogP contribution is -2.47. The first-order valence-corrected chi connectivity index (χ1v) is 9.67. The lowest BCUT2D eigenvalue weighted by Gasteiger charge is -2.58. The zero-order valence-corrected chi connectivity index (χ0v) is 15.3. The minimum atomic E-state index is 0.509. The van der Waals surface area contributed by atoms with Gasteiger partial charge in [-0.2, -0.15) is 0 Å². The minimum Gasteiger partial charge on any atom is -0.0840 e. The summed E-state index contributed by atoms with van der Waals surface area (Å²) in [5.74, 6) is 3.01. The van der Waals surface area contributed by atoms with E-state index in [0.717, 1.165) is 22.8 Å². The third-order valence-electron chi connectivity index (χ3n) is 6.44. The lowest BCUT2D eigenvalue weighted by molar-refractivity contribution is -0.0529. The molecule has 0 N–H and O–H groups in total. The quantitative estimate of drug-likeness (QED) is 0.516. The fourth-order valence-corrected chi connectivity index (χ4v) is 7.17. The minimum absolute atomic E-state index is 0.509. The summed E-state index contributed by atoms with van der Waals surface area (Å²) in [6, 6.07) is 4.48. The average Bonchev–Trinajstić information content (AvgIpc) is 2.40. The number of halogens is 2. The molecule has 1 unspecified atom stereocenters. The first-order valence-electron chi connectivity index (χ1n) is 8.37. The van der Waals surface area contributed by atoms with E-state index >= 15 is 0 Å². The Morgan fingerprint density at radius 1 is 1.00 bits per heavy atom. The molecule has 1 atom stereocenters. The Balaban J connectivity index is 1.71. The van der Waals surface area contributed by atoms with Crippen molar-refractivity contribution in [3.63, 3.8) is 0 Å². The van der Waals surface area contributed by atoms with Gasteiger partial charge in [-0.25, -0.2) is 0 Å². The van der Waals surface area contributed by atoms with Crippen LogP contribution in [0.15, 0.2) is 12.1 Å². The number of aryl methyl sites for hydroxylation is 2. The number of alkyl halides is 1. The summed E-state index contributed by atoms with van der Waals surface area (Å²) in [5, 5.41) is 0.904. The molecule has 0 radical (unpaired) electrons. The van der Waals surface area contributed by atoms with Gasteiger partial charge in [-0.15, -0.1) is 0 Å². The van der Waals surface area contributed by atoms with Gasteiger partial charge in [-0.1, -0.05) is 33.6 Å². The summed E-state index contributed by atoms with van der Waals surface area (Å²) in [4.78, 5) is 0.509. The van der Waals surface area contributed by atoms with Crippen molar-refractivity contribution in [2.75, 3.05) is 0 Å². The van der Waals surface area contributed by atoms with E-state index < -0.39 is 0 Å². The van der Waals surface area contributed by atoms with Crippen LogP contribution in [-0.4, -0.2) is 0 Å². The molecule has 5 rings (SSSR count). The molecule has 2 heteroatoms. The Morgan fingerprint density at radius 3 is 2.05 bits per heavy atom. The molecule has 0 aliphatic heterocycles. The molecular formula is C19H24BrCl. The van der Waals surface area contributed by atoms with E-state index in [0.29, 0.717) is 10.2 Å². The predicted octanol–water partition coefficient (Wildman–Crippen LogP) is 6.61. The highest BCUT2D eigenvalue weighted by molar-refractivity contribution is 9.09. The Bertz CT molecular complexity index is 542. The molecule has 1 aromatic rings. The molecule has 0 saturated heterocycles. The van der Waals surface area contributed by atoms with Crippen molar-refractivity contribution in [2.45, 2.75) is 57.2 Å². The topological polar surface area (TPSA) is 0 Å². The SMILES string of the molecule is Cc1cc(C(Br)C23CC4CC(CC(C4)C2)C3)c(C)cc1Cl. The van der Waals surface area contributed by atoms with Crippen LogP contribution >= 0.6 is 27.5 Å². The Morgan fingerprint density at radius 2 is 1.52 bits per heavy atom. The van der Waals surface area contributed by atoms with Gasteiger partial charge in [0.25, 0.3) is 0 Å². The largest absolute Gasteiger partial charge is 0.0840 e. The number of hydrogen-bond donors (Lipinski definition) is 0. The highest BCUT2D eigenvalue weighted by atomic mass is 79.9. The normalized spacial score (nSPS) is 38.8. The van der Waals surface area contributed by atoms with Crippen LogP contribution in [0.1, 0.15) is 60.0 Å². The van der Waals surface area contributed by atoms with Gasteiger partial charge >= 0.3 is 0 Å². The highest BCUT2D eigenvalue weighted by Crippen LogP contribution is 2.66. The maximum absolute atomic E-state index is 6.29. The number of hydrogen-bond acceptors (Lipinski definition) is 0. The van der Waals surface area contributed by atoms with Crippen LogP contribution in [0.25, 0.3) is 0 Å². The molecule has 4 aliphatic rings. The van der Waals surface area contributed by atoms with Crippen molar-refractivity contribution in [2.24, 2.45) is 23.2 Å². The summed E-state index contributed by atoms with van der Waals surface area (Å²) >= 11 is 10.4. The maximum atomic E-state index is 6.29. The molecule has 0 aromatic heterocycles. The van der Waals surface area contributed by atoms with Crippen molar-refractivity contribution < 1.29 is 0 Å². The van der Waals surface area contributed by atoms with Gasteiger partial charge in [0.2, 0.25) is 0 Å². The lowest BCUT2D eigenvalue weighted by atomic mass is 9.48. The number of benzene rings is 1. The van der Waals surface area contributed by atoms with Crippen LogP contribution < -0.4 is 0 Å². The molecule has 0 spiro atoms. The fourth-order valence-electron chi connectivity index (χ4n) is 5.89. The van der Waals surface area contributed by atoms with E-state index in [9.17, 15) is 0 Å². The van der Waals surface area contributed by atoms with Crippen LogP contribution in [0, 0.1) is 37.0 Å². The van der Waals surface area contributed by atoms with Crippen LogP contribution in [0.4, 0.5) is 0 Å². The molecule has 21 heavy (non-hydrogen) atoms. The molecule has 1 aromatic carbocycles. The van der Waals surface area contributed by atoms with E-state index in [2.05, 4.69) is 41.9 Å². The van der Waals surface area contributed by atoms with Crippen molar-refractivity contribution in [1.82, 2.24) is 0 Å². The van der Waals surface area contributed by atoms with Crippen LogP contribution in [0.3, 0.4) is 0 Å². The Hall–Kier alpha value is -0.0100. The van der Waals surface area contributed by atoms with Crippen LogP contribution in [0.5, 0.6) is 0 Å². The van der Waals surface area contributed by atoms with Gasteiger partial charge < -0.3 is 0 Å². The van der Waals surface area contributed by atoms with E-state index in [1.807, 2.05) is 0 Å². The van der Waals surface area contributed by atoms with Crippen molar-refractivity contribution in [3.8, 4) is 0 Å². The second-order valence-corrected chi connectivity index (χ2v) is 9.42. The molecule has 0 heterocycles. The monoisotopic (exact) mass is 366 g/mol. The Kier molecular flexibility index (Phi) is 3.47. The third-order valence-corrected chi connectivity index (χ3v) is 8.32. The van der Waals surface area contributed by atoms with E-state index in [1.54, 1.807) is 0 Å².